The van der Waals surface area contributed by atoms with Gasteiger partial charge < -0.3 is 18.6 Å². The van der Waals surface area contributed by atoms with Crippen molar-refractivity contribution in [1.82, 2.24) is 0 Å². The summed E-state index contributed by atoms with van der Waals surface area (Å²) in [5.41, 5.74) is 1.66. The van der Waals surface area contributed by atoms with Gasteiger partial charge in [-0.1, -0.05) is 179 Å². The Balaban J connectivity index is 0.000000413. The molecule has 8 nitrogen and oxygen atoms in total. The zero-order valence-electron chi connectivity index (χ0n) is 37.0. The maximum absolute atomic E-state index is 11.5. The average molecular weight is 903 g/mol. The topological polar surface area (TPSA) is 133 Å². The maximum Gasteiger partial charge on any atom is 2.00 e. The molecule has 4 aromatic rings. The Morgan fingerprint density at radius 3 is 0.934 bits per heavy atom. The zero-order valence-corrected chi connectivity index (χ0v) is 40.8. The second kappa shape index (κ2) is 32.3. The van der Waals surface area contributed by atoms with Crippen LogP contribution in [0.2, 0.25) is 0 Å². The standard InChI is InChI=1S/2C25H36O4S.Ca/c2*1-2-3-4-5-6-7-8-9-10-11-13-16-22-19-24(21-25(20-22)30(26,27)28)29-23-17-14-12-15-18-23;/h2*12,14-15,17-21H,2-11,13,16H2,1H3,(H,26,27,28);/q;;+2/p-2. The molecule has 4 aromatic carbocycles. The van der Waals surface area contributed by atoms with E-state index < -0.39 is 20.2 Å². The van der Waals surface area contributed by atoms with Crippen molar-refractivity contribution < 1.29 is 35.4 Å². The molecule has 0 heterocycles. The van der Waals surface area contributed by atoms with E-state index in [4.69, 9.17) is 9.47 Å². The predicted octanol–water partition coefficient (Wildman–Crippen LogP) is 14.1. The van der Waals surface area contributed by atoms with Crippen molar-refractivity contribution in [3.05, 3.63) is 108 Å². The van der Waals surface area contributed by atoms with Gasteiger partial charge in [-0.05, 0) is 97.5 Å². The molecule has 61 heavy (non-hydrogen) atoms. The molecule has 0 saturated heterocycles. The molecule has 0 aliphatic rings. The third-order valence-corrected chi connectivity index (χ3v) is 12.2. The minimum atomic E-state index is -4.52. The molecule has 0 aromatic heterocycles. The van der Waals surface area contributed by atoms with Crippen LogP contribution in [0.4, 0.5) is 0 Å². The van der Waals surface area contributed by atoms with Gasteiger partial charge >= 0.3 is 37.7 Å². The Bertz CT molecular complexity index is 1810. The normalized spacial score (nSPS) is 11.3. The molecule has 0 unspecified atom stereocenters. The van der Waals surface area contributed by atoms with Crippen molar-refractivity contribution in [2.45, 2.75) is 178 Å². The monoisotopic (exact) mass is 902 g/mol. The van der Waals surface area contributed by atoms with E-state index in [1.54, 1.807) is 24.3 Å². The van der Waals surface area contributed by atoms with Crippen molar-refractivity contribution in [3.8, 4) is 23.0 Å². The Morgan fingerprint density at radius 1 is 0.377 bits per heavy atom. The van der Waals surface area contributed by atoms with Crippen LogP contribution in [0.3, 0.4) is 0 Å². The molecule has 0 N–H and O–H groups in total. The van der Waals surface area contributed by atoms with Gasteiger partial charge in [-0.25, -0.2) is 16.8 Å². The molecule has 4 rings (SSSR count). The molecular formula is C50H70CaO8S2. The van der Waals surface area contributed by atoms with Crippen LogP contribution in [0.25, 0.3) is 0 Å². The van der Waals surface area contributed by atoms with Gasteiger partial charge in [0.05, 0.1) is 9.79 Å². The largest absolute Gasteiger partial charge is 2.00 e. The molecule has 0 fully saturated rings. The number of rotatable bonds is 30. The molecule has 332 valence electrons. The number of hydrogen-bond acceptors (Lipinski definition) is 8. The van der Waals surface area contributed by atoms with Crippen molar-refractivity contribution in [2.24, 2.45) is 0 Å². The SMILES string of the molecule is CCCCCCCCCCCCCc1cc(Oc2ccccc2)cc(S(=O)(=O)[O-])c1.CCCCCCCCCCCCCc1cc(Oc2ccccc2)cc(S(=O)(=O)[O-])c1.[Ca+2]. The second-order valence-corrected chi connectivity index (χ2v) is 18.7. The summed E-state index contributed by atoms with van der Waals surface area (Å²) in [5, 5.41) is 0. The molecule has 0 saturated carbocycles. The van der Waals surface area contributed by atoms with Crippen LogP contribution in [-0.2, 0) is 33.1 Å². The number of para-hydroxylation sites is 2. The number of hydrogen-bond donors (Lipinski definition) is 0. The summed E-state index contributed by atoms with van der Waals surface area (Å²) in [7, 11) is -9.05. The van der Waals surface area contributed by atoms with Crippen LogP contribution in [0.1, 0.15) is 166 Å². The van der Waals surface area contributed by atoms with Gasteiger partial charge in [0.25, 0.3) is 0 Å². The van der Waals surface area contributed by atoms with Gasteiger partial charge in [-0.3, -0.25) is 0 Å². The third-order valence-electron chi connectivity index (χ3n) is 10.6. The maximum atomic E-state index is 11.5. The number of benzene rings is 4. The molecule has 11 heteroatoms. The molecule has 0 aliphatic carbocycles. The van der Waals surface area contributed by atoms with Crippen LogP contribution in [0.5, 0.6) is 23.0 Å². The van der Waals surface area contributed by atoms with E-state index in [0.29, 0.717) is 23.0 Å². The van der Waals surface area contributed by atoms with Crippen LogP contribution < -0.4 is 9.47 Å². The molecule has 0 atom stereocenters. The summed E-state index contributed by atoms with van der Waals surface area (Å²) in [4.78, 5) is -0.456. The quantitative estimate of drug-likeness (QED) is 0.0287. The molecule has 0 bridgehead atoms. The predicted molar refractivity (Wildman–Crippen MR) is 248 cm³/mol. The molecular weight excluding hydrogens is 833 g/mol. The molecule has 0 amide bonds. The van der Waals surface area contributed by atoms with E-state index in [2.05, 4.69) is 13.8 Å². The summed E-state index contributed by atoms with van der Waals surface area (Å²) in [6.07, 6.45) is 29.3. The summed E-state index contributed by atoms with van der Waals surface area (Å²) in [6, 6.07) is 27.5. The Labute approximate surface area is 399 Å². The van der Waals surface area contributed by atoms with E-state index in [1.807, 2.05) is 48.5 Å². The number of ether oxygens (including phenoxy) is 2. The fourth-order valence-corrected chi connectivity index (χ4v) is 8.30. The minimum absolute atomic E-state index is 0. The van der Waals surface area contributed by atoms with Crippen LogP contribution in [-0.4, -0.2) is 63.7 Å². The van der Waals surface area contributed by atoms with E-state index in [1.165, 1.54) is 140 Å². The zero-order chi connectivity index (χ0) is 43.3. The fourth-order valence-electron chi connectivity index (χ4n) is 7.19. The Kier molecular flexibility index (Phi) is 28.9. The first kappa shape index (κ1) is 54.7. The summed E-state index contributed by atoms with van der Waals surface area (Å²) in [6.45, 7) is 4.49. The van der Waals surface area contributed by atoms with Crippen LogP contribution in [0.15, 0.2) is 107 Å². The smallest absolute Gasteiger partial charge is 0.744 e. The van der Waals surface area contributed by atoms with E-state index in [0.717, 1.165) is 49.7 Å². The third kappa shape index (κ3) is 25.4. The minimum Gasteiger partial charge on any atom is -0.744 e. The Morgan fingerprint density at radius 2 is 0.656 bits per heavy atom. The first-order valence-electron chi connectivity index (χ1n) is 22.6. The molecule has 0 aliphatic heterocycles. The second-order valence-electron chi connectivity index (χ2n) is 15.9. The van der Waals surface area contributed by atoms with Crippen molar-refractivity contribution in [1.29, 1.82) is 0 Å². The number of unbranched alkanes of at least 4 members (excludes halogenated alkanes) is 20. The van der Waals surface area contributed by atoms with Crippen LogP contribution >= 0.6 is 0 Å². The molecule has 0 radical (unpaired) electrons. The summed E-state index contributed by atoms with van der Waals surface area (Å²) >= 11 is 0. The fraction of sp³-hybridized carbons (Fsp3) is 0.520. The van der Waals surface area contributed by atoms with Gasteiger partial charge in [0.2, 0.25) is 0 Å². The molecule has 0 spiro atoms. The van der Waals surface area contributed by atoms with Gasteiger partial charge in [0.15, 0.2) is 0 Å². The van der Waals surface area contributed by atoms with Crippen molar-refractivity contribution in [2.75, 3.05) is 0 Å². The number of aryl methyl sites for hydroxylation is 2. The van der Waals surface area contributed by atoms with E-state index in [-0.39, 0.29) is 47.5 Å². The van der Waals surface area contributed by atoms with Gasteiger partial charge in [0, 0.05) is 0 Å². The van der Waals surface area contributed by atoms with Crippen LogP contribution in [0, 0.1) is 0 Å². The first-order valence-corrected chi connectivity index (χ1v) is 25.4. The Hall–Kier alpha value is -2.44. The summed E-state index contributed by atoms with van der Waals surface area (Å²) < 4.78 is 80.7. The van der Waals surface area contributed by atoms with Gasteiger partial charge in [-0.15, -0.1) is 0 Å². The average Bonchev–Trinajstić information content (AvgIpc) is 3.22. The van der Waals surface area contributed by atoms with Crippen molar-refractivity contribution in [3.63, 3.8) is 0 Å². The van der Waals surface area contributed by atoms with E-state index in [9.17, 15) is 25.9 Å². The van der Waals surface area contributed by atoms with E-state index >= 15 is 0 Å². The van der Waals surface area contributed by atoms with Crippen molar-refractivity contribution >= 4 is 58.0 Å². The summed E-state index contributed by atoms with van der Waals surface area (Å²) in [5.74, 6) is 1.99. The van der Waals surface area contributed by atoms with Gasteiger partial charge in [0.1, 0.15) is 43.2 Å². The van der Waals surface area contributed by atoms with Gasteiger partial charge in [-0.2, -0.15) is 0 Å². The first-order chi connectivity index (χ1) is 29.0.